The molecule has 0 unspecified atom stereocenters. The lowest BCUT2D eigenvalue weighted by molar-refractivity contribution is -0.113. The number of rotatable bonds is 3. The average molecular weight is 329 g/mol. The molecule has 1 aliphatic rings. The molecule has 2 aromatic rings. The number of carbonyl (C=O) groups excluding carboxylic acids is 1. The lowest BCUT2D eigenvalue weighted by Gasteiger charge is -2.04. The highest BCUT2D eigenvalue weighted by molar-refractivity contribution is 8.40. The SMILES string of the molecule is CSC1=NC(=O)C(=Cc2cccc(Oc3ncccn3)c2)S1. The summed E-state index contributed by atoms with van der Waals surface area (Å²) in [6.07, 6.45) is 6.93. The lowest BCUT2D eigenvalue weighted by atomic mass is 10.2. The molecule has 5 nitrogen and oxygen atoms in total. The standard InChI is InChI=1S/C15H11N3O2S2/c1-21-15-18-13(19)12(22-15)9-10-4-2-5-11(8-10)20-14-16-6-3-7-17-14/h2-9H,1H3. The molecule has 0 bridgehead atoms. The molecule has 0 spiro atoms. The second-order valence-corrected chi connectivity index (χ2v) is 6.29. The number of aliphatic imine (C=N–C) groups is 1. The van der Waals surface area contributed by atoms with Crippen LogP contribution in [0.25, 0.3) is 6.08 Å². The first-order valence-corrected chi connectivity index (χ1v) is 8.40. The molecule has 0 saturated carbocycles. The van der Waals surface area contributed by atoms with Gasteiger partial charge in [-0.2, -0.15) is 4.99 Å². The predicted octanol–water partition coefficient (Wildman–Crippen LogP) is 3.60. The van der Waals surface area contributed by atoms with Crippen molar-refractivity contribution in [2.24, 2.45) is 4.99 Å². The quantitative estimate of drug-likeness (QED) is 0.802. The maximum Gasteiger partial charge on any atom is 0.321 e. The van der Waals surface area contributed by atoms with Crippen LogP contribution in [0.2, 0.25) is 0 Å². The number of nitrogens with zero attached hydrogens (tertiary/aromatic N) is 3. The van der Waals surface area contributed by atoms with Gasteiger partial charge in [0.05, 0.1) is 4.91 Å². The number of carbonyl (C=O) groups is 1. The first-order chi connectivity index (χ1) is 10.7. The van der Waals surface area contributed by atoms with Crippen LogP contribution in [0.1, 0.15) is 5.56 Å². The molecule has 3 rings (SSSR count). The lowest BCUT2D eigenvalue weighted by Crippen LogP contribution is -1.91. The van der Waals surface area contributed by atoms with E-state index in [2.05, 4.69) is 15.0 Å². The third kappa shape index (κ3) is 3.55. The van der Waals surface area contributed by atoms with Gasteiger partial charge in [-0.1, -0.05) is 23.9 Å². The van der Waals surface area contributed by atoms with Crippen molar-refractivity contribution in [1.29, 1.82) is 0 Å². The number of thioether (sulfide) groups is 2. The second-order valence-electron chi connectivity index (χ2n) is 4.20. The van der Waals surface area contributed by atoms with Gasteiger partial charge in [0.15, 0.2) is 0 Å². The monoisotopic (exact) mass is 329 g/mol. The van der Waals surface area contributed by atoms with Crippen molar-refractivity contribution in [2.75, 3.05) is 6.26 Å². The van der Waals surface area contributed by atoms with Crippen LogP contribution in [0.4, 0.5) is 0 Å². The highest BCUT2D eigenvalue weighted by Crippen LogP contribution is 2.33. The topological polar surface area (TPSA) is 64.4 Å². The summed E-state index contributed by atoms with van der Waals surface area (Å²) < 4.78 is 6.34. The minimum Gasteiger partial charge on any atom is -0.424 e. The molecular formula is C15H11N3O2S2. The first-order valence-electron chi connectivity index (χ1n) is 6.36. The number of benzene rings is 1. The zero-order chi connectivity index (χ0) is 15.4. The Kier molecular flexibility index (Phi) is 4.55. The van der Waals surface area contributed by atoms with Gasteiger partial charge in [-0.25, -0.2) is 9.97 Å². The van der Waals surface area contributed by atoms with Gasteiger partial charge >= 0.3 is 6.01 Å². The summed E-state index contributed by atoms with van der Waals surface area (Å²) in [5, 5.41) is 0. The Hall–Kier alpha value is -2.12. The van der Waals surface area contributed by atoms with E-state index >= 15 is 0 Å². The summed E-state index contributed by atoms with van der Waals surface area (Å²) in [4.78, 5) is 24.4. The van der Waals surface area contributed by atoms with Crippen LogP contribution < -0.4 is 4.74 Å². The van der Waals surface area contributed by atoms with E-state index in [1.807, 2.05) is 30.5 Å². The molecule has 0 fully saturated rings. The highest BCUT2D eigenvalue weighted by Gasteiger charge is 2.20. The van der Waals surface area contributed by atoms with Gasteiger partial charge in [-0.3, -0.25) is 4.79 Å². The Bertz CT molecular complexity index is 760. The maximum absolute atomic E-state index is 11.8. The smallest absolute Gasteiger partial charge is 0.321 e. The number of amides is 1. The predicted molar refractivity (Wildman–Crippen MR) is 90.1 cm³/mol. The van der Waals surface area contributed by atoms with Crippen molar-refractivity contribution < 1.29 is 9.53 Å². The Labute approximate surface area is 135 Å². The third-order valence-electron chi connectivity index (χ3n) is 2.68. The summed E-state index contributed by atoms with van der Waals surface area (Å²) in [6.45, 7) is 0. The van der Waals surface area contributed by atoms with Gasteiger partial charge in [0.1, 0.15) is 10.1 Å². The van der Waals surface area contributed by atoms with E-state index in [9.17, 15) is 4.79 Å². The van der Waals surface area contributed by atoms with Gasteiger partial charge < -0.3 is 4.74 Å². The van der Waals surface area contributed by atoms with Gasteiger partial charge in [0.25, 0.3) is 5.91 Å². The fraction of sp³-hybridized carbons (Fsp3) is 0.0667. The Morgan fingerprint density at radius 2 is 2.05 bits per heavy atom. The zero-order valence-electron chi connectivity index (χ0n) is 11.6. The van der Waals surface area contributed by atoms with Crippen molar-refractivity contribution in [3.63, 3.8) is 0 Å². The molecule has 22 heavy (non-hydrogen) atoms. The van der Waals surface area contributed by atoms with E-state index in [0.717, 1.165) is 9.94 Å². The molecule has 7 heteroatoms. The summed E-state index contributed by atoms with van der Waals surface area (Å²) >= 11 is 2.85. The van der Waals surface area contributed by atoms with E-state index in [0.29, 0.717) is 10.7 Å². The average Bonchev–Trinajstić information content (AvgIpc) is 2.89. The highest BCUT2D eigenvalue weighted by atomic mass is 32.2. The molecule has 110 valence electrons. The number of hydrogen-bond donors (Lipinski definition) is 0. The van der Waals surface area contributed by atoms with Crippen LogP contribution in [0.3, 0.4) is 0 Å². The van der Waals surface area contributed by atoms with Crippen molar-refractivity contribution >= 4 is 39.9 Å². The van der Waals surface area contributed by atoms with Crippen LogP contribution in [0.15, 0.2) is 52.6 Å². The van der Waals surface area contributed by atoms with Gasteiger partial charge in [-0.15, -0.1) is 11.8 Å². The summed E-state index contributed by atoms with van der Waals surface area (Å²) in [5.41, 5.74) is 0.863. The minimum absolute atomic E-state index is 0.202. The van der Waals surface area contributed by atoms with Crippen LogP contribution in [0.5, 0.6) is 11.8 Å². The first kappa shape index (κ1) is 14.8. The molecule has 0 aliphatic carbocycles. The molecule has 0 saturated heterocycles. The van der Waals surface area contributed by atoms with E-state index in [-0.39, 0.29) is 11.9 Å². The molecule has 0 atom stereocenters. The van der Waals surface area contributed by atoms with Crippen molar-refractivity contribution in [3.05, 3.63) is 53.2 Å². The third-order valence-corrected chi connectivity index (χ3v) is 4.65. The van der Waals surface area contributed by atoms with Crippen molar-refractivity contribution in [3.8, 4) is 11.8 Å². The molecule has 0 radical (unpaired) electrons. The normalized spacial score (nSPS) is 16.0. The summed E-state index contributed by atoms with van der Waals surface area (Å²) in [5.74, 6) is 0.411. The number of hydrogen-bond acceptors (Lipinski definition) is 6. The fourth-order valence-electron chi connectivity index (χ4n) is 1.74. The van der Waals surface area contributed by atoms with Gasteiger partial charge in [0, 0.05) is 12.4 Å². The molecular weight excluding hydrogens is 318 g/mol. The van der Waals surface area contributed by atoms with E-state index in [1.165, 1.54) is 23.5 Å². The van der Waals surface area contributed by atoms with Gasteiger partial charge in [-0.05, 0) is 36.1 Å². The largest absolute Gasteiger partial charge is 0.424 e. The van der Waals surface area contributed by atoms with Gasteiger partial charge in [0.2, 0.25) is 0 Å². The Morgan fingerprint density at radius 3 is 2.77 bits per heavy atom. The molecule has 1 amide bonds. The Morgan fingerprint density at radius 1 is 1.23 bits per heavy atom. The van der Waals surface area contributed by atoms with E-state index in [4.69, 9.17) is 4.74 Å². The minimum atomic E-state index is -0.202. The summed E-state index contributed by atoms with van der Waals surface area (Å²) in [6, 6.07) is 9.40. The Balaban J connectivity index is 1.79. The molecule has 1 aliphatic heterocycles. The van der Waals surface area contributed by atoms with Crippen molar-refractivity contribution in [2.45, 2.75) is 0 Å². The van der Waals surface area contributed by atoms with Crippen LogP contribution in [-0.2, 0) is 4.79 Å². The van der Waals surface area contributed by atoms with Crippen molar-refractivity contribution in [1.82, 2.24) is 9.97 Å². The molecule has 0 N–H and O–H groups in total. The van der Waals surface area contributed by atoms with Crippen LogP contribution in [-0.4, -0.2) is 26.5 Å². The molecule has 1 aromatic heterocycles. The van der Waals surface area contributed by atoms with Crippen LogP contribution >= 0.6 is 23.5 Å². The van der Waals surface area contributed by atoms with E-state index in [1.54, 1.807) is 24.5 Å². The summed E-state index contributed by atoms with van der Waals surface area (Å²) in [7, 11) is 0. The van der Waals surface area contributed by atoms with E-state index < -0.39 is 0 Å². The molecule has 1 aromatic carbocycles. The van der Waals surface area contributed by atoms with Crippen LogP contribution in [0, 0.1) is 0 Å². The zero-order valence-corrected chi connectivity index (χ0v) is 13.2. The maximum atomic E-state index is 11.8. The molecule has 2 heterocycles. The fourth-order valence-corrected chi connectivity index (χ4v) is 3.16. The number of aromatic nitrogens is 2. The second kappa shape index (κ2) is 6.76. The number of ether oxygens (including phenoxy) is 1.